The summed E-state index contributed by atoms with van der Waals surface area (Å²) in [5, 5.41) is 9.68. The number of nitrogens with one attached hydrogen (secondary N) is 1. The van der Waals surface area contributed by atoms with Gasteiger partial charge in [-0.25, -0.2) is 15.0 Å². The number of hydrogen-bond donors (Lipinski definition) is 1. The van der Waals surface area contributed by atoms with Crippen molar-refractivity contribution in [1.82, 2.24) is 15.0 Å². The third-order valence-corrected chi connectivity index (χ3v) is 4.44. The zero-order chi connectivity index (χ0) is 12.4. The predicted octanol–water partition coefficient (Wildman–Crippen LogP) is 3.71. The molecule has 0 spiro atoms. The van der Waals surface area contributed by atoms with E-state index in [2.05, 4.69) is 33.3 Å². The molecule has 0 saturated carbocycles. The molecule has 0 aliphatic rings. The van der Waals surface area contributed by atoms with Crippen LogP contribution in [0.4, 0.5) is 5.82 Å². The van der Waals surface area contributed by atoms with Gasteiger partial charge in [0.15, 0.2) is 0 Å². The first-order chi connectivity index (χ1) is 8.88. The van der Waals surface area contributed by atoms with Crippen molar-refractivity contribution in [3.63, 3.8) is 0 Å². The lowest BCUT2D eigenvalue weighted by molar-refractivity contribution is 0.738. The van der Waals surface area contributed by atoms with Crippen LogP contribution >= 0.6 is 22.7 Å². The molecule has 0 fully saturated rings. The fourth-order valence-electron chi connectivity index (χ4n) is 1.82. The van der Waals surface area contributed by atoms with Gasteiger partial charge in [-0.05, 0) is 17.9 Å². The lowest BCUT2D eigenvalue weighted by Crippen LogP contribution is -2.10. The average Bonchev–Trinajstić information content (AvgIpc) is 3.06. The molecular formula is C12H12N4S2. The molecule has 1 unspecified atom stereocenters. The summed E-state index contributed by atoms with van der Waals surface area (Å²) in [6.45, 7) is 2.14. The summed E-state index contributed by atoms with van der Waals surface area (Å²) in [4.78, 5) is 14.0. The normalized spacial score (nSPS) is 12.7. The minimum Gasteiger partial charge on any atom is -0.360 e. The van der Waals surface area contributed by atoms with E-state index in [1.54, 1.807) is 29.0 Å². The lowest BCUT2D eigenvalue weighted by atomic mass is 10.2. The van der Waals surface area contributed by atoms with Gasteiger partial charge < -0.3 is 5.32 Å². The third-order valence-electron chi connectivity index (χ3n) is 2.73. The standard InChI is InChI=1S/C12H12N4S2/c1-2-9(12-13-4-6-18-12)16-10-8-3-5-17-11(8)15-7-14-10/h3-7,9H,2H2,1H3,(H,14,15,16). The molecule has 0 saturated heterocycles. The first-order valence-electron chi connectivity index (χ1n) is 5.72. The second kappa shape index (κ2) is 4.99. The summed E-state index contributed by atoms with van der Waals surface area (Å²) in [6, 6.07) is 2.26. The third kappa shape index (κ3) is 2.09. The molecule has 0 aliphatic carbocycles. The number of hydrogen-bond acceptors (Lipinski definition) is 6. The Morgan fingerprint density at radius 3 is 2.94 bits per heavy atom. The van der Waals surface area contributed by atoms with Gasteiger partial charge >= 0.3 is 0 Å². The van der Waals surface area contributed by atoms with Crippen molar-refractivity contribution in [3.8, 4) is 0 Å². The first-order valence-corrected chi connectivity index (χ1v) is 7.48. The van der Waals surface area contributed by atoms with Crippen molar-refractivity contribution < 1.29 is 0 Å². The van der Waals surface area contributed by atoms with Crippen LogP contribution in [0.3, 0.4) is 0 Å². The fraction of sp³-hybridized carbons (Fsp3) is 0.250. The zero-order valence-corrected chi connectivity index (χ0v) is 11.5. The largest absolute Gasteiger partial charge is 0.360 e. The Labute approximate surface area is 113 Å². The molecule has 0 amide bonds. The molecule has 0 bridgehead atoms. The number of thiazole rings is 1. The molecule has 0 aromatic carbocycles. The van der Waals surface area contributed by atoms with Gasteiger partial charge in [0.25, 0.3) is 0 Å². The Balaban J connectivity index is 1.93. The van der Waals surface area contributed by atoms with Gasteiger partial charge in [-0.15, -0.1) is 22.7 Å². The molecular weight excluding hydrogens is 264 g/mol. The maximum atomic E-state index is 4.37. The van der Waals surface area contributed by atoms with Gasteiger partial charge in [-0.2, -0.15) is 0 Å². The van der Waals surface area contributed by atoms with E-state index in [1.165, 1.54) is 0 Å². The number of rotatable bonds is 4. The van der Waals surface area contributed by atoms with Crippen LogP contribution in [-0.2, 0) is 0 Å². The van der Waals surface area contributed by atoms with E-state index < -0.39 is 0 Å². The first kappa shape index (κ1) is 11.6. The molecule has 3 aromatic heterocycles. The Bertz CT molecular complexity index is 632. The van der Waals surface area contributed by atoms with Crippen LogP contribution in [-0.4, -0.2) is 15.0 Å². The van der Waals surface area contributed by atoms with E-state index in [-0.39, 0.29) is 6.04 Å². The maximum Gasteiger partial charge on any atom is 0.138 e. The molecule has 3 aromatic rings. The van der Waals surface area contributed by atoms with Gasteiger partial charge in [-0.3, -0.25) is 0 Å². The highest BCUT2D eigenvalue weighted by Crippen LogP contribution is 2.28. The predicted molar refractivity (Wildman–Crippen MR) is 76.2 cm³/mol. The minimum atomic E-state index is 0.211. The van der Waals surface area contributed by atoms with Crippen LogP contribution in [0.15, 0.2) is 29.4 Å². The van der Waals surface area contributed by atoms with Gasteiger partial charge in [0.1, 0.15) is 22.0 Å². The zero-order valence-electron chi connectivity index (χ0n) is 9.83. The average molecular weight is 276 g/mol. The monoisotopic (exact) mass is 276 g/mol. The molecule has 1 N–H and O–H groups in total. The fourth-order valence-corrected chi connectivity index (χ4v) is 3.32. The highest BCUT2D eigenvalue weighted by molar-refractivity contribution is 7.16. The van der Waals surface area contributed by atoms with Crippen LogP contribution in [0.2, 0.25) is 0 Å². The Morgan fingerprint density at radius 1 is 1.22 bits per heavy atom. The number of thiophene rings is 1. The van der Waals surface area contributed by atoms with Gasteiger partial charge in [0.2, 0.25) is 0 Å². The molecule has 18 heavy (non-hydrogen) atoms. The van der Waals surface area contributed by atoms with Crippen molar-refractivity contribution >= 4 is 38.7 Å². The Hall–Kier alpha value is -1.53. The Kier molecular flexibility index (Phi) is 3.21. The van der Waals surface area contributed by atoms with Crippen molar-refractivity contribution in [1.29, 1.82) is 0 Å². The topological polar surface area (TPSA) is 50.7 Å². The number of nitrogens with zero attached hydrogens (tertiary/aromatic N) is 3. The van der Waals surface area contributed by atoms with Crippen molar-refractivity contribution in [2.45, 2.75) is 19.4 Å². The summed E-state index contributed by atoms with van der Waals surface area (Å²) < 4.78 is 0. The highest BCUT2D eigenvalue weighted by atomic mass is 32.1. The molecule has 0 aliphatic heterocycles. The van der Waals surface area contributed by atoms with Crippen molar-refractivity contribution in [2.75, 3.05) is 5.32 Å². The molecule has 1 atom stereocenters. The van der Waals surface area contributed by atoms with Crippen LogP contribution in [0.1, 0.15) is 24.4 Å². The highest BCUT2D eigenvalue weighted by Gasteiger charge is 2.14. The Morgan fingerprint density at radius 2 is 2.17 bits per heavy atom. The van der Waals surface area contributed by atoms with E-state index in [4.69, 9.17) is 0 Å². The van der Waals surface area contributed by atoms with E-state index in [0.717, 1.165) is 27.5 Å². The van der Waals surface area contributed by atoms with E-state index in [0.29, 0.717) is 0 Å². The van der Waals surface area contributed by atoms with Crippen LogP contribution in [0.5, 0.6) is 0 Å². The van der Waals surface area contributed by atoms with Crippen LogP contribution in [0.25, 0.3) is 10.2 Å². The smallest absolute Gasteiger partial charge is 0.138 e. The molecule has 3 heterocycles. The van der Waals surface area contributed by atoms with Crippen molar-refractivity contribution in [2.24, 2.45) is 0 Å². The van der Waals surface area contributed by atoms with Gasteiger partial charge in [-0.1, -0.05) is 6.92 Å². The van der Waals surface area contributed by atoms with E-state index >= 15 is 0 Å². The summed E-state index contributed by atoms with van der Waals surface area (Å²) >= 11 is 3.30. The second-order valence-electron chi connectivity index (χ2n) is 3.84. The lowest BCUT2D eigenvalue weighted by Gasteiger charge is -2.15. The van der Waals surface area contributed by atoms with Crippen LogP contribution in [0, 0.1) is 0 Å². The minimum absolute atomic E-state index is 0.211. The van der Waals surface area contributed by atoms with Gasteiger partial charge in [0.05, 0.1) is 11.4 Å². The molecule has 3 rings (SSSR count). The summed E-state index contributed by atoms with van der Waals surface area (Å²) in [6.07, 6.45) is 4.42. The summed E-state index contributed by atoms with van der Waals surface area (Å²) in [7, 11) is 0. The molecule has 92 valence electrons. The SMILES string of the molecule is CCC(Nc1ncnc2sccc12)c1nccs1. The number of anilines is 1. The molecule has 0 radical (unpaired) electrons. The number of aromatic nitrogens is 3. The van der Waals surface area contributed by atoms with Crippen LogP contribution < -0.4 is 5.32 Å². The second-order valence-corrected chi connectivity index (χ2v) is 5.66. The van der Waals surface area contributed by atoms with E-state index in [9.17, 15) is 0 Å². The van der Waals surface area contributed by atoms with E-state index in [1.807, 2.05) is 17.0 Å². The summed E-state index contributed by atoms with van der Waals surface area (Å²) in [5.41, 5.74) is 0. The van der Waals surface area contributed by atoms with Gasteiger partial charge in [0, 0.05) is 11.6 Å². The summed E-state index contributed by atoms with van der Waals surface area (Å²) in [5.74, 6) is 0.892. The molecule has 4 nitrogen and oxygen atoms in total. The quantitative estimate of drug-likeness (QED) is 0.789. The maximum absolute atomic E-state index is 4.37. The molecule has 6 heteroatoms. The number of fused-ring (bicyclic) bond motifs is 1. The van der Waals surface area contributed by atoms with Crippen molar-refractivity contribution in [3.05, 3.63) is 34.4 Å².